The number of hydrogen-bond acceptors (Lipinski definition) is 3. The van der Waals surface area contributed by atoms with Crippen LogP contribution < -0.4 is 10.1 Å². The third-order valence-corrected chi connectivity index (χ3v) is 2.90. The second kappa shape index (κ2) is 8.05. The summed E-state index contributed by atoms with van der Waals surface area (Å²) in [7, 11) is 0. The van der Waals surface area contributed by atoms with Crippen molar-refractivity contribution in [1.82, 2.24) is 10.3 Å². The van der Waals surface area contributed by atoms with Gasteiger partial charge in [0.2, 0.25) is 5.88 Å². The van der Waals surface area contributed by atoms with Crippen LogP contribution in [0.5, 0.6) is 5.88 Å². The highest BCUT2D eigenvalue weighted by Crippen LogP contribution is 2.15. The summed E-state index contributed by atoms with van der Waals surface area (Å²) >= 11 is 0. The Balaban J connectivity index is 2.67. The lowest BCUT2D eigenvalue weighted by Crippen LogP contribution is -2.35. The first-order valence-electron chi connectivity index (χ1n) is 7.43. The molecule has 0 saturated heterocycles. The van der Waals surface area contributed by atoms with Gasteiger partial charge in [0.05, 0.1) is 6.61 Å². The second-order valence-electron chi connectivity index (χ2n) is 6.04. The Morgan fingerprint density at radius 2 is 2.10 bits per heavy atom. The summed E-state index contributed by atoms with van der Waals surface area (Å²) < 4.78 is 5.74. The van der Waals surface area contributed by atoms with Gasteiger partial charge in [-0.25, -0.2) is 4.98 Å². The molecule has 3 heteroatoms. The maximum Gasteiger partial charge on any atom is 0.213 e. The van der Waals surface area contributed by atoms with Gasteiger partial charge in [-0.1, -0.05) is 13.0 Å². The van der Waals surface area contributed by atoms with Crippen molar-refractivity contribution in [2.24, 2.45) is 0 Å². The Kier molecular flexibility index (Phi) is 6.73. The molecule has 0 fully saturated rings. The van der Waals surface area contributed by atoms with Gasteiger partial charge in [-0.3, -0.25) is 0 Å². The monoisotopic (exact) mass is 276 g/mol. The van der Waals surface area contributed by atoms with Gasteiger partial charge in [0.25, 0.3) is 0 Å². The van der Waals surface area contributed by atoms with Crippen molar-refractivity contribution in [3.05, 3.63) is 36.0 Å². The van der Waals surface area contributed by atoms with E-state index in [-0.39, 0.29) is 5.54 Å². The van der Waals surface area contributed by atoms with Crippen LogP contribution in [0.1, 0.15) is 51.8 Å². The van der Waals surface area contributed by atoms with E-state index in [9.17, 15) is 0 Å². The van der Waals surface area contributed by atoms with Crippen LogP contribution in [0, 0.1) is 0 Å². The number of allylic oxidation sites excluding steroid dienone is 1. The largest absolute Gasteiger partial charge is 0.478 e. The summed E-state index contributed by atoms with van der Waals surface area (Å²) in [6.45, 7) is 13.9. The van der Waals surface area contributed by atoms with E-state index < -0.39 is 0 Å². The van der Waals surface area contributed by atoms with Gasteiger partial charge in [-0.2, -0.15) is 0 Å². The smallest absolute Gasteiger partial charge is 0.213 e. The van der Waals surface area contributed by atoms with E-state index >= 15 is 0 Å². The highest BCUT2D eigenvalue weighted by Gasteiger charge is 2.10. The van der Waals surface area contributed by atoms with Gasteiger partial charge in [-0.05, 0) is 51.7 Å². The number of unbranched alkanes of at least 4 members (excludes halogenated alkanes) is 1. The quantitative estimate of drug-likeness (QED) is 0.578. The fraction of sp³-hybridized carbons (Fsp3) is 0.588. The molecule has 0 aromatic carbocycles. The summed E-state index contributed by atoms with van der Waals surface area (Å²) in [5.41, 5.74) is 2.42. The molecular weight excluding hydrogens is 248 g/mol. The first-order chi connectivity index (χ1) is 9.44. The number of pyridine rings is 1. The first kappa shape index (κ1) is 16.7. The third-order valence-electron chi connectivity index (χ3n) is 2.90. The van der Waals surface area contributed by atoms with E-state index in [2.05, 4.69) is 50.6 Å². The van der Waals surface area contributed by atoms with Crippen LogP contribution in [-0.2, 0) is 13.0 Å². The summed E-state index contributed by atoms with van der Waals surface area (Å²) in [6.07, 6.45) is 4.80. The van der Waals surface area contributed by atoms with E-state index in [1.807, 2.05) is 12.1 Å². The highest BCUT2D eigenvalue weighted by molar-refractivity contribution is 5.25. The van der Waals surface area contributed by atoms with Crippen molar-refractivity contribution in [2.75, 3.05) is 6.61 Å². The lowest BCUT2D eigenvalue weighted by Gasteiger charge is -2.21. The molecule has 0 bridgehead atoms. The number of ether oxygens (including phenoxy) is 1. The molecule has 3 nitrogen and oxygen atoms in total. The maximum atomic E-state index is 5.74. The van der Waals surface area contributed by atoms with Gasteiger partial charge in [0.1, 0.15) is 0 Å². The zero-order valence-corrected chi connectivity index (χ0v) is 13.3. The molecule has 1 aromatic heterocycles. The lowest BCUT2D eigenvalue weighted by atomic mass is 10.1. The zero-order valence-electron chi connectivity index (χ0n) is 13.3. The SMILES string of the molecule is C=CCCCOc1cc(CNC(C)(C)C)cc(CC)n1. The topological polar surface area (TPSA) is 34.1 Å². The molecule has 0 aliphatic heterocycles. The maximum absolute atomic E-state index is 5.74. The Morgan fingerprint density at radius 3 is 2.70 bits per heavy atom. The molecule has 1 aromatic rings. The lowest BCUT2D eigenvalue weighted by molar-refractivity contribution is 0.299. The molecule has 20 heavy (non-hydrogen) atoms. The summed E-state index contributed by atoms with van der Waals surface area (Å²) in [5.74, 6) is 0.735. The summed E-state index contributed by atoms with van der Waals surface area (Å²) in [4.78, 5) is 4.52. The van der Waals surface area contributed by atoms with E-state index in [1.165, 1.54) is 5.56 Å². The normalized spacial score (nSPS) is 11.4. The molecule has 1 rings (SSSR count). The van der Waals surface area contributed by atoms with Crippen LogP contribution in [0.3, 0.4) is 0 Å². The number of aryl methyl sites for hydroxylation is 1. The summed E-state index contributed by atoms with van der Waals surface area (Å²) in [6, 6.07) is 4.18. The molecule has 0 atom stereocenters. The Labute approximate surface area is 123 Å². The molecular formula is C17H28N2O. The molecule has 0 radical (unpaired) electrons. The minimum absolute atomic E-state index is 0.112. The molecule has 0 aliphatic carbocycles. The minimum atomic E-state index is 0.112. The van der Waals surface area contributed by atoms with E-state index in [1.54, 1.807) is 0 Å². The predicted octanol–water partition coefficient (Wildman–Crippen LogP) is 3.88. The third kappa shape index (κ3) is 6.71. The van der Waals surface area contributed by atoms with Crippen molar-refractivity contribution in [3.63, 3.8) is 0 Å². The molecule has 1 N–H and O–H groups in total. The number of nitrogens with one attached hydrogen (secondary N) is 1. The number of hydrogen-bond donors (Lipinski definition) is 1. The van der Waals surface area contributed by atoms with Crippen LogP contribution in [0.25, 0.3) is 0 Å². The van der Waals surface area contributed by atoms with Crippen LogP contribution in [0.4, 0.5) is 0 Å². The standard InChI is InChI=1S/C17H28N2O/c1-6-8-9-10-20-16-12-14(11-15(7-2)19-16)13-18-17(3,4)5/h6,11-12,18H,1,7-10,13H2,2-5H3. The van der Waals surface area contributed by atoms with Gasteiger partial charge < -0.3 is 10.1 Å². The van der Waals surface area contributed by atoms with E-state index in [0.29, 0.717) is 6.61 Å². The van der Waals surface area contributed by atoms with Crippen molar-refractivity contribution in [1.29, 1.82) is 0 Å². The molecule has 0 aliphatic rings. The first-order valence-corrected chi connectivity index (χ1v) is 7.43. The highest BCUT2D eigenvalue weighted by atomic mass is 16.5. The number of aromatic nitrogens is 1. The Bertz CT molecular complexity index is 421. The molecule has 0 saturated carbocycles. The fourth-order valence-electron chi connectivity index (χ4n) is 1.75. The van der Waals surface area contributed by atoms with Gasteiger partial charge >= 0.3 is 0 Å². The predicted molar refractivity (Wildman–Crippen MR) is 85.1 cm³/mol. The Morgan fingerprint density at radius 1 is 1.35 bits per heavy atom. The van der Waals surface area contributed by atoms with Crippen LogP contribution in [0.15, 0.2) is 24.8 Å². The van der Waals surface area contributed by atoms with Crippen LogP contribution >= 0.6 is 0 Å². The zero-order chi connectivity index (χ0) is 15.0. The van der Waals surface area contributed by atoms with Gasteiger partial charge in [0.15, 0.2) is 0 Å². The van der Waals surface area contributed by atoms with E-state index in [0.717, 1.165) is 37.4 Å². The van der Waals surface area contributed by atoms with Crippen LogP contribution in [-0.4, -0.2) is 17.1 Å². The van der Waals surface area contributed by atoms with Crippen molar-refractivity contribution in [2.45, 2.75) is 59.0 Å². The fourth-order valence-corrected chi connectivity index (χ4v) is 1.75. The van der Waals surface area contributed by atoms with Crippen LogP contribution in [0.2, 0.25) is 0 Å². The molecule has 0 unspecified atom stereocenters. The average molecular weight is 276 g/mol. The van der Waals surface area contributed by atoms with Crippen molar-refractivity contribution < 1.29 is 4.74 Å². The minimum Gasteiger partial charge on any atom is -0.478 e. The van der Waals surface area contributed by atoms with Crippen molar-refractivity contribution >= 4 is 0 Å². The van der Waals surface area contributed by atoms with E-state index in [4.69, 9.17) is 4.74 Å². The molecule has 0 spiro atoms. The Hall–Kier alpha value is -1.35. The second-order valence-corrected chi connectivity index (χ2v) is 6.04. The molecule has 1 heterocycles. The molecule has 112 valence electrons. The van der Waals surface area contributed by atoms with Gasteiger partial charge in [-0.15, -0.1) is 6.58 Å². The number of rotatable bonds is 8. The number of nitrogens with zero attached hydrogens (tertiary/aromatic N) is 1. The summed E-state index contributed by atoms with van der Waals surface area (Å²) in [5, 5.41) is 3.50. The van der Waals surface area contributed by atoms with Crippen molar-refractivity contribution in [3.8, 4) is 5.88 Å². The molecule has 0 amide bonds. The van der Waals surface area contributed by atoms with Gasteiger partial charge in [0, 0.05) is 23.8 Å². The average Bonchev–Trinajstić information content (AvgIpc) is 2.40.